The maximum Gasteiger partial charge on any atom is 0.274 e. The second-order valence-electron chi connectivity index (χ2n) is 7.17. The van der Waals surface area contributed by atoms with Gasteiger partial charge in [0.05, 0.1) is 17.2 Å². The molecule has 4 N–H and O–H groups in total. The van der Waals surface area contributed by atoms with Crippen LogP contribution in [0.1, 0.15) is 29.8 Å². The van der Waals surface area contributed by atoms with E-state index < -0.39 is 18.0 Å². The van der Waals surface area contributed by atoms with Gasteiger partial charge in [-0.05, 0) is 53.0 Å². The van der Waals surface area contributed by atoms with E-state index in [2.05, 4.69) is 36.8 Å². The summed E-state index contributed by atoms with van der Waals surface area (Å²) in [5.41, 5.74) is 7.28. The van der Waals surface area contributed by atoms with Crippen molar-refractivity contribution in [1.29, 1.82) is 0 Å². The first kappa shape index (κ1) is 19.8. The molecule has 3 aromatic heterocycles. The summed E-state index contributed by atoms with van der Waals surface area (Å²) in [6, 6.07) is 4.97. The molecule has 1 aliphatic carbocycles. The van der Waals surface area contributed by atoms with Crippen LogP contribution in [0.3, 0.4) is 0 Å². The molecule has 8 nitrogen and oxygen atoms in total. The van der Waals surface area contributed by atoms with Crippen molar-refractivity contribution >= 4 is 38.9 Å². The van der Waals surface area contributed by atoms with Gasteiger partial charge in [-0.25, -0.2) is 13.3 Å². The van der Waals surface area contributed by atoms with Gasteiger partial charge in [0, 0.05) is 25.7 Å². The Kier molecular flexibility index (Phi) is 5.03. The topological polar surface area (TPSA) is 102 Å². The van der Waals surface area contributed by atoms with Gasteiger partial charge in [0.25, 0.3) is 11.8 Å². The highest BCUT2D eigenvalue weighted by Gasteiger charge is 2.44. The predicted octanol–water partition coefficient (Wildman–Crippen LogP) is 3.01. The number of nitrogens with zero attached hydrogens (tertiary/aromatic N) is 4. The Morgan fingerprint density at radius 3 is 2.79 bits per heavy atom. The fourth-order valence-corrected chi connectivity index (χ4v) is 3.97. The van der Waals surface area contributed by atoms with Crippen molar-refractivity contribution in [3.8, 4) is 0 Å². The van der Waals surface area contributed by atoms with Gasteiger partial charge in [-0.3, -0.25) is 9.48 Å². The molecule has 1 amide bonds. The molecule has 1 aliphatic rings. The van der Waals surface area contributed by atoms with E-state index in [1.165, 1.54) is 4.52 Å². The summed E-state index contributed by atoms with van der Waals surface area (Å²) in [6.45, 7) is 0. The number of amides is 1. The van der Waals surface area contributed by atoms with Crippen molar-refractivity contribution in [3.05, 3.63) is 40.8 Å². The highest BCUT2D eigenvalue weighted by Crippen LogP contribution is 2.33. The largest absolute Gasteiger partial charge is 0.364 e. The van der Waals surface area contributed by atoms with Crippen molar-refractivity contribution in [2.45, 2.75) is 37.3 Å². The van der Waals surface area contributed by atoms with Crippen LogP contribution in [0.4, 0.5) is 20.3 Å². The van der Waals surface area contributed by atoms with Gasteiger partial charge in [-0.1, -0.05) is 0 Å². The number of hydrogen-bond acceptors (Lipinski definition) is 5. The van der Waals surface area contributed by atoms with Crippen LogP contribution in [0.5, 0.6) is 0 Å². The fourth-order valence-electron chi connectivity index (χ4n) is 3.52. The molecule has 3 aromatic rings. The summed E-state index contributed by atoms with van der Waals surface area (Å²) in [5, 5.41) is 14.3. The number of alkyl halides is 2. The Bertz CT molecular complexity index is 1060. The Morgan fingerprint density at radius 2 is 2.07 bits per heavy atom. The molecule has 0 saturated heterocycles. The number of rotatable bonds is 4. The zero-order valence-corrected chi connectivity index (χ0v) is 17.2. The van der Waals surface area contributed by atoms with Gasteiger partial charge >= 0.3 is 0 Å². The van der Waals surface area contributed by atoms with Crippen molar-refractivity contribution < 1.29 is 13.6 Å². The number of fused-ring (bicyclic) bond motifs is 1. The number of halogens is 3. The number of carbonyl (C=O) groups is 1. The van der Waals surface area contributed by atoms with Crippen LogP contribution in [0.2, 0.25) is 0 Å². The number of anilines is 2. The highest BCUT2D eigenvalue weighted by atomic mass is 79.9. The summed E-state index contributed by atoms with van der Waals surface area (Å²) in [7, 11) is 1.74. The number of hydrogen-bond donors (Lipinski definition) is 3. The summed E-state index contributed by atoms with van der Waals surface area (Å²) in [5.74, 6) is -2.90. The minimum atomic E-state index is -2.91. The first-order chi connectivity index (χ1) is 13.7. The summed E-state index contributed by atoms with van der Waals surface area (Å²) < 4.78 is 31.4. The molecule has 11 heteroatoms. The van der Waals surface area contributed by atoms with Crippen molar-refractivity contribution in [2.75, 3.05) is 10.6 Å². The third kappa shape index (κ3) is 3.84. The summed E-state index contributed by atoms with van der Waals surface area (Å²) in [6.07, 6.45) is 2.38. The summed E-state index contributed by atoms with van der Waals surface area (Å²) >= 11 is 3.29. The second-order valence-corrected chi connectivity index (χ2v) is 7.92. The van der Waals surface area contributed by atoms with Crippen molar-refractivity contribution in [2.24, 2.45) is 12.8 Å². The van der Waals surface area contributed by atoms with Crippen LogP contribution < -0.4 is 16.4 Å². The van der Waals surface area contributed by atoms with Crippen molar-refractivity contribution in [1.82, 2.24) is 19.4 Å². The zero-order valence-electron chi connectivity index (χ0n) is 15.6. The molecule has 0 radical (unpaired) electrons. The second kappa shape index (κ2) is 7.38. The van der Waals surface area contributed by atoms with Crippen LogP contribution >= 0.6 is 15.9 Å². The zero-order chi connectivity index (χ0) is 20.8. The van der Waals surface area contributed by atoms with E-state index in [0.717, 1.165) is 0 Å². The lowest BCUT2D eigenvalue weighted by Crippen LogP contribution is -2.55. The summed E-state index contributed by atoms with van der Waals surface area (Å²) in [4.78, 5) is 12.7. The molecule has 4 rings (SSSR count). The van der Waals surface area contributed by atoms with E-state index in [4.69, 9.17) is 5.73 Å². The Morgan fingerprint density at radius 1 is 1.31 bits per heavy atom. The Balaban J connectivity index is 1.58. The van der Waals surface area contributed by atoms with Gasteiger partial charge in [0.15, 0.2) is 4.60 Å². The normalized spacial score (nSPS) is 21.3. The fraction of sp³-hybridized carbons (Fsp3) is 0.389. The van der Waals surface area contributed by atoms with Gasteiger partial charge < -0.3 is 16.4 Å². The predicted molar refractivity (Wildman–Crippen MR) is 108 cm³/mol. The molecule has 154 valence electrons. The monoisotopic (exact) mass is 467 g/mol. The molecular weight excluding hydrogens is 448 g/mol. The molecule has 3 heterocycles. The lowest BCUT2D eigenvalue weighted by Gasteiger charge is -2.36. The van der Waals surface area contributed by atoms with E-state index in [1.807, 2.05) is 0 Å². The highest BCUT2D eigenvalue weighted by molar-refractivity contribution is 9.10. The quantitative estimate of drug-likeness (QED) is 0.547. The molecule has 0 bridgehead atoms. The van der Waals surface area contributed by atoms with E-state index in [-0.39, 0.29) is 12.3 Å². The average Bonchev–Trinajstić information content (AvgIpc) is 3.21. The SMILES string of the molecule is Cn1cc(NC(=O)c2ccc3ccc(N[C@@H]4CCCC(F)(F)C4N)nn23)c(Br)n1. The van der Waals surface area contributed by atoms with E-state index in [0.29, 0.717) is 40.2 Å². The molecule has 1 fully saturated rings. The molecule has 2 atom stereocenters. The average molecular weight is 468 g/mol. The van der Waals surface area contributed by atoms with Crippen LogP contribution in [0.25, 0.3) is 5.52 Å². The number of aromatic nitrogens is 4. The molecule has 0 aromatic carbocycles. The first-order valence-corrected chi connectivity index (χ1v) is 9.93. The maximum atomic E-state index is 13.9. The van der Waals surface area contributed by atoms with Gasteiger partial charge in [0.1, 0.15) is 11.5 Å². The van der Waals surface area contributed by atoms with Gasteiger partial charge in [0.2, 0.25) is 0 Å². The number of aryl methyl sites for hydroxylation is 1. The molecule has 0 aliphatic heterocycles. The van der Waals surface area contributed by atoms with Crippen LogP contribution in [-0.2, 0) is 7.05 Å². The van der Waals surface area contributed by atoms with Gasteiger partial charge in [-0.15, -0.1) is 5.10 Å². The number of nitrogens with two attached hydrogens (primary N) is 1. The third-order valence-electron chi connectivity index (χ3n) is 5.05. The lowest BCUT2D eigenvalue weighted by molar-refractivity contribution is -0.0554. The van der Waals surface area contributed by atoms with Crippen molar-refractivity contribution in [3.63, 3.8) is 0 Å². The van der Waals surface area contributed by atoms with Crippen LogP contribution in [0.15, 0.2) is 35.1 Å². The standard InChI is InChI=1S/C18H20BrF2N7O/c1-27-9-12(16(19)26-27)24-17(29)13-6-4-10-5-7-14(25-28(10)13)23-11-3-2-8-18(20,21)15(11)22/h4-7,9,11,15H,2-3,8,22H2,1H3,(H,23,25)(H,24,29)/t11-,15?/m1/s1. The van der Waals surface area contributed by atoms with E-state index >= 15 is 0 Å². The first-order valence-electron chi connectivity index (χ1n) is 9.14. The minimum absolute atomic E-state index is 0.204. The lowest BCUT2D eigenvalue weighted by atomic mass is 9.87. The van der Waals surface area contributed by atoms with E-state index in [1.54, 1.807) is 42.2 Å². The third-order valence-corrected chi connectivity index (χ3v) is 5.63. The van der Waals surface area contributed by atoms with Crippen LogP contribution in [-0.4, -0.2) is 43.3 Å². The molecule has 29 heavy (non-hydrogen) atoms. The van der Waals surface area contributed by atoms with E-state index in [9.17, 15) is 13.6 Å². The minimum Gasteiger partial charge on any atom is -0.364 e. The molecular formula is C18H20BrF2N7O. The molecule has 1 unspecified atom stereocenters. The number of carbonyl (C=O) groups excluding carboxylic acids is 1. The maximum absolute atomic E-state index is 13.9. The van der Waals surface area contributed by atoms with Crippen LogP contribution in [0, 0.1) is 0 Å². The molecule has 1 saturated carbocycles. The van der Waals surface area contributed by atoms with Gasteiger partial charge in [-0.2, -0.15) is 5.10 Å². The molecule has 0 spiro atoms. The number of nitrogens with one attached hydrogen (secondary N) is 2. The Hall–Kier alpha value is -2.53. The smallest absolute Gasteiger partial charge is 0.274 e. The Labute approximate surface area is 173 Å².